The second-order valence-corrected chi connectivity index (χ2v) is 4.86. The van der Waals surface area contributed by atoms with Gasteiger partial charge in [0.2, 0.25) is 5.91 Å². The number of piperidine rings is 1. The Morgan fingerprint density at radius 1 is 1.47 bits per heavy atom. The SMILES string of the molecule is NC(=O)CN(Cc1cncc(F)c1)C1CCNCC1. The third kappa shape index (κ3) is 4.25. The number of hydrogen-bond acceptors (Lipinski definition) is 4. The molecule has 0 atom stereocenters. The number of rotatable bonds is 5. The zero-order chi connectivity index (χ0) is 13.7. The van der Waals surface area contributed by atoms with E-state index in [0.717, 1.165) is 31.5 Å². The van der Waals surface area contributed by atoms with Crippen LogP contribution in [-0.2, 0) is 11.3 Å². The van der Waals surface area contributed by atoms with Crippen molar-refractivity contribution in [2.24, 2.45) is 5.73 Å². The van der Waals surface area contributed by atoms with Gasteiger partial charge in [-0.3, -0.25) is 14.7 Å². The van der Waals surface area contributed by atoms with E-state index >= 15 is 0 Å². The summed E-state index contributed by atoms with van der Waals surface area (Å²) in [5.41, 5.74) is 6.06. The summed E-state index contributed by atoms with van der Waals surface area (Å²) >= 11 is 0. The zero-order valence-electron chi connectivity index (χ0n) is 10.8. The average molecular weight is 266 g/mol. The van der Waals surface area contributed by atoms with Crippen LogP contribution in [0, 0.1) is 5.82 Å². The molecule has 2 rings (SSSR count). The number of halogens is 1. The Balaban J connectivity index is 2.06. The summed E-state index contributed by atoms with van der Waals surface area (Å²) in [7, 11) is 0. The maximum Gasteiger partial charge on any atom is 0.231 e. The zero-order valence-corrected chi connectivity index (χ0v) is 10.8. The first-order valence-corrected chi connectivity index (χ1v) is 6.47. The van der Waals surface area contributed by atoms with Gasteiger partial charge >= 0.3 is 0 Å². The van der Waals surface area contributed by atoms with Crippen molar-refractivity contribution in [2.45, 2.75) is 25.4 Å². The fraction of sp³-hybridized carbons (Fsp3) is 0.538. The molecule has 2 heterocycles. The second-order valence-electron chi connectivity index (χ2n) is 4.86. The number of nitrogens with zero attached hydrogens (tertiary/aromatic N) is 2. The molecule has 5 nitrogen and oxygen atoms in total. The third-order valence-corrected chi connectivity index (χ3v) is 3.33. The fourth-order valence-corrected chi connectivity index (χ4v) is 2.46. The number of hydrogen-bond donors (Lipinski definition) is 2. The number of aromatic nitrogens is 1. The number of primary amides is 1. The molecule has 1 amide bonds. The van der Waals surface area contributed by atoms with Gasteiger partial charge in [0.25, 0.3) is 0 Å². The highest BCUT2D eigenvalue weighted by atomic mass is 19.1. The molecule has 6 heteroatoms. The van der Waals surface area contributed by atoms with Crippen LogP contribution in [-0.4, -0.2) is 41.5 Å². The van der Waals surface area contributed by atoms with Gasteiger partial charge in [-0.05, 0) is 37.6 Å². The van der Waals surface area contributed by atoms with Crippen molar-refractivity contribution in [1.29, 1.82) is 0 Å². The maximum absolute atomic E-state index is 13.1. The second kappa shape index (κ2) is 6.58. The molecular weight excluding hydrogens is 247 g/mol. The first-order chi connectivity index (χ1) is 9.15. The van der Waals surface area contributed by atoms with E-state index in [-0.39, 0.29) is 18.3 Å². The molecule has 1 aromatic heterocycles. The predicted molar refractivity (Wildman–Crippen MR) is 69.7 cm³/mol. The number of carbonyl (C=O) groups excluding carboxylic acids is 1. The lowest BCUT2D eigenvalue weighted by Crippen LogP contribution is -2.46. The molecule has 1 aromatic rings. The molecule has 1 aliphatic heterocycles. The monoisotopic (exact) mass is 266 g/mol. The van der Waals surface area contributed by atoms with Crippen molar-refractivity contribution in [3.63, 3.8) is 0 Å². The standard InChI is InChI=1S/C13H19FN4O/c14-11-5-10(6-17-7-11)8-18(9-13(15)19)12-1-3-16-4-2-12/h5-7,12,16H,1-4,8-9H2,(H2,15,19). The molecule has 1 fully saturated rings. The Bertz CT molecular complexity index is 434. The first kappa shape index (κ1) is 13.9. The largest absolute Gasteiger partial charge is 0.369 e. The van der Waals surface area contributed by atoms with Gasteiger partial charge in [-0.1, -0.05) is 0 Å². The van der Waals surface area contributed by atoms with Gasteiger partial charge in [-0.15, -0.1) is 0 Å². The van der Waals surface area contributed by atoms with Gasteiger partial charge in [-0.2, -0.15) is 0 Å². The van der Waals surface area contributed by atoms with Gasteiger partial charge in [0.05, 0.1) is 12.7 Å². The lowest BCUT2D eigenvalue weighted by Gasteiger charge is -2.33. The number of amides is 1. The topological polar surface area (TPSA) is 71.2 Å². The van der Waals surface area contributed by atoms with Crippen molar-refractivity contribution in [3.05, 3.63) is 29.8 Å². The Morgan fingerprint density at radius 2 is 2.21 bits per heavy atom. The Morgan fingerprint density at radius 3 is 2.84 bits per heavy atom. The molecule has 1 aliphatic rings. The van der Waals surface area contributed by atoms with Gasteiger partial charge in [-0.25, -0.2) is 4.39 Å². The molecule has 1 saturated heterocycles. The van der Waals surface area contributed by atoms with Crippen LogP contribution < -0.4 is 11.1 Å². The van der Waals surface area contributed by atoms with E-state index in [1.165, 1.54) is 12.3 Å². The Hall–Kier alpha value is -1.53. The molecule has 0 aliphatic carbocycles. The normalized spacial score (nSPS) is 16.7. The van der Waals surface area contributed by atoms with E-state index < -0.39 is 0 Å². The predicted octanol–water partition coefficient (Wildman–Crippen LogP) is 0.260. The number of nitrogens with two attached hydrogens (primary N) is 1. The summed E-state index contributed by atoms with van der Waals surface area (Å²) in [6, 6.07) is 1.75. The summed E-state index contributed by atoms with van der Waals surface area (Å²) in [6.07, 6.45) is 4.73. The number of carbonyl (C=O) groups is 1. The molecule has 0 spiro atoms. The highest BCUT2D eigenvalue weighted by molar-refractivity contribution is 5.75. The van der Waals surface area contributed by atoms with Crippen LogP contribution in [0.2, 0.25) is 0 Å². The summed E-state index contributed by atoms with van der Waals surface area (Å²) in [6.45, 7) is 2.56. The van der Waals surface area contributed by atoms with Gasteiger partial charge in [0, 0.05) is 18.8 Å². The van der Waals surface area contributed by atoms with Gasteiger partial charge in [0.1, 0.15) is 5.82 Å². The van der Waals surface area contributed by atoms with Crippen molar-refractivity contribution in [3.8, 4) is 0 Å². The Labute approximate surface area is 112 Å². The number of pyridine rings is 1. The van der Waals surface area contributed by atoms with Crippen LogP contribution in [0.15, 0.2) is 18.5 Å². The van der Waals surface area contributed by atoms with Crippen LogP contribution in [0.3, 0.4) is 0 Å². The quantitative estimate of drug-likeness (QED) is 0.802. The van der Waals surface area contributed by atoms with Crippen LogP contribution in [0.5, 0.6) is 0 Å². The minimum atomic E-state index is -0.359. The van der Waals surface area contributed by atoms with Crippen LogP contribution >= 0.6 is 0 Å². The van der Waals surface area contributed by atoms with Gasteiger partial charge in [0.15, 0.2) is 0 Å². The molecule has 0 unspecified atom stereocenters. The van der Waals surface area contributed by atoms with E-state index in [0.29, 0.717) is 12.6 Å². The van der Waals surface area contributed by atoms with E-state index in [2.05, 4.69) is 10.3 Å². The van der Waals surface area contributed by atoms with E-state index in [1.807, 2.05) is 4.90 Å². The summed E-state index contributed by atoms with van der Waals surface area (Å²) < 4.78 is 13.1. The summed E-state index contributed by atoms with van der Waals surface area (Å²) in [4.78, 5) is 17.0. The van der Waals surface area contributed by atoms with E-state index in [1.54, 1.807) is 6.20 Å². The third-order valence-electron chi connectivity index (χ3n) is 3.33. The minimum Gasteiger partial charge on any atom is -0.369 e. The van der Waals surface area contributed by atoms with Crippen molar-refractivity contribution < 1.29 is 9.18 Å². The van der Waals surface area contributed by atoms with Crippen molar-refractivity contribution in [1.82, 2.24) is 15.2 Å². The van der Waals surface area contributed by atoms with Gasteiger partial charge < -0.3 is 11.1 Å². The molecule has 19 heavy (non-hydrogen) atoms. The molecule has 0 bridgehead atoms. The highest BCUT2D eigenvalue weighted by Gasteiger charge is 2.22. The van der Waals surface area contributed by atoms with Crippen LogP contribution in [0.1, 0.15) is 18.4 Å². The fourth-order valence-electron chi connectivity index (χ4n) is 2.46. The summed E-state index contributed by atoms with van der Waals surface area (Å²) in [5, 5.41) is 3.28. The lowest BCUT2D eigenvalue weighted by atomic mass is 10.0. The molecular formula is C13H19FN4O. The number of nitrogens with one attached hydrogen (secondary N) is 1. The van der Waals surface area contributed by atoms with Crippen molar-refractivity contribution in [2.75, 3.05) is 19.6 Å². The minimum absolute atomic E-state index is 0.196. The molecule has 104 valence electrons. The molecule has 0 saturated carbocycles. The van der Waals surface area contributed by atoms with Crippen LogP contribution in [0.25, 0.3) is 0 Å². The first-order valence-electron chi connectivity index (χ1n) is 6.47. The highest BCUT2D eigenvalue weighted by Crippen LogP contribution is 2.15. The smallest absolute Gasteiger partial charge is 0.231 e. The average Bonchev–Trinajstić information content (AvgIpc) is 2.38. The van der Waals surface area contributed by atoms with Crippen LogP contribution in [0.4, 0.5) is 4.39 Å². The molecule has 0 radical (unpaired) electrons. The summed E-state index contributed by atoms with van der Waals surface area (Å²) in [5.74, 6) is -0.718. The lowest BCUT2D eigenvalue weighted by molar-refractivity contribution is -0.120. The van der Waals surface area contributed by atoms with E-state index in [9.17, 15) is 9.18 Å². The molecule has 3 N–H and O–H groups in total. The van der Waals surface area contributed by atoms with Crippen molar-refractivity contribution >= 4 is 5.91 Å². The van der Waals surface area contributed by atoms with E-state index in [4.69, 9.17) is 5.73 Å². The maximum atomic E-state index is 13.1. The molecule has 0 aromatic carbocycles. The Kier molecular flexibility index (Phi) is 4.81.